The predicted octanol–water partition coefficient (Wildman–Crippen LogP) is 1.92. The zero-order valence-corrected chi connectivity index (χ0v) is 13.0. The molecule has 1 aliphatic rings. The molecule has 2 amide bonds. The Hall–Kier alpha value is -2.37. The summed E-state index contributed by atoms with van der Waals surface area (Å²) in [5.41, 5.74) is 2.49. The molecule has 0 saturated heterocycles. The number of rotatable bonds is 3. The maximum atomic E-state index is 12.3. The highest BCUT2D eigenvalue weighted by Crippen LogP contribution is 2.15. The van der Waals surface area contributed by atoms with Gasteiger partial charge in [-0.05, 0) is 18.4 Å². The SMILES string of the molecule is Cc1ccc(C(C)CNC(=O)N2CCn3cnnc3C2)cc1. The smallest absolute Gasteiger partial charge is 0.317 e. The van der Waals surface area contributed by atoms with Crippen molar-refractivity contribution in [2.75, 3.05) is 13.1 Å². The van der Waals surface area contributed by atoms with E-state index in [2.05, 4.69) is 53.6 Å². The molecule has 6 nitrogen and oxygen atoms in total. The number of aryl methyl sites for hydroxylation is 1. The Bertz CT molecular complexity index is 649. The average Bonchev–Trinajstić information content (AvgIpc) is 3.00. The number of aromatic nitrogens is 3. The molecule has 0 saturated carbocycles. The van der Waals surface area contributed by atoms with E-state index in [-0.39, 0.29) is 11.9 Å². The molecule has 0 bridgehead atoms. The first-order valence-corrected chi connectivity index (χ1v) is 7.59. The minimum absolute atomic E-state index is 0.0341. The molecule has 3 rings (SSSR count). The third kappa shape index (κ3) is 3.10. The summed E-state index contributed by atoms with van der Waals surface area (Å²) in [4.78, 5) is 14.1. The van der Waals surface area contributed by atoms with Crippen LogP contribution in [0.4, 0.5) is 4.79 Å². The number of hydrogen-bond donors (Lipinski definition) is 1. The van der Waals surface area contributed by atoms with Gasteiger partial charge in [0.25, 0.3) is 0 Å². The van der Waals surface area contributed by atoms with Gasteiger partial charge in [-0.3, -0.25) is 0 Å². The van der Waals surface area contributed by atoms with Crippen LogP contribution in [0.5, 0.6) is 0 Å². The average molecular weight is 299 g/mol. The summed E-state index contributed by atoms with van der Waals surface area (Å²) in [6, 6.07) is 8.41. The number of nitrogens with one attached hydrogen (secondary N) is 1. The monoisotopic (exact) mass is 299 g/mol. The zero-order valence-electron chi connectivity index (χ0n) is 13.0. The van der Waals surface area contributed by atoms with E-state index in [9.17, 15) is 4.79 Å². The molecule has 2 heterocycles. The number of amides is 2. The molecule has 1 unspecified atom stereocenters. The van der Waals surface area contributed by atoms with Gasteiger partial charge in [0.15, 0.2) is 5.82 Å². The first-order chi connectivity index (χ1) is 10.6. The number of benzene rings is 1. The molecule has 6 heteroatoms. The van der Waals surface area contributed by atoms with E-state index in [1.165, 1.54) is 11.1 Å². The van der Waals surface area contributed by atoms with Gasteiger partial charge in [-0.2, -0.15) is 0 Å². The Morgan fingerprint density at radius 2 is 2.09 bits per heavy atom. The molecular weight excluding hydrogens is 278 g/mol. The van der Waals surface area contributed by atoms with Crippen LogP contribution in [0.2, 0.25) is 0 Å². The maximum absolute atomic E-state index is 12.3. The van der Waals surface area contributed by atoms with E-state index < -0.39 is 0 Å². The molecule has 0 aliphatic carbocycles. The Labute approximate surface area is 130 Å². The standard InChI is InChI=1S/C16H21N5O/c1-12-3-5-14(6-4-12)13(2)9-17-16(22)20-7-8-21-11-18-19-15(21)10-20/h3-6,11,13H,7-10H2,1-2H3,(H,17,22). The van der Waals surface area contributed by atoms with Gasteiger partial charge in [0.2, 0.25) is 0 Å². The van der Waals surface area contributed by atoms with Crippen molar-refractivity contribution < 1.29 is 4.79 Å². The van der Waals surface area contributed by atoms with Gasteiger partial charge in [-0.25, -0.2) is 4.79 Å². The number of carbonyl (C=O) groups is 1. The van der Waals surface area contributed by atoms with Gasteiger partial charge in [0.1, 0.15) is 6.33 Å². The van der Waals surface area contributed by atoms with Crippen molar-refractivity contribution >= 4 is 6.03 Å². The van der Waals surface area contributed by atoms with Crippen LogP contribution in [-0.2, 0) is 13.1 Å². The fourth-order valence-electron chi connectivity index (χ4n) is 2.60. The quantitative estimate of drug-likeness (QED) is 0.941. The van der Waals surface area contributed by atoms with Gasteiger partial charge in [-0.15, -0.1) is 10.2 Å². The van der Waals surface area contributed by atoms with Crippen LogP contribution < -0.4 is 5.32 Å². The van der Waals surface area contributed by atoms with Crippen LogP contribution in [0, 0.1) is 6.92 Å². The molecule has 0 fully saturated rings. The van der Waals surface area contributed by atoms with Crippen LogP contribution in [-0.4, -0.2) is 38.8 Å². The largest absolute Gasteiger partial charge is 0.337 e. The van der Waals surface area contributed by atoms with Crippen LogP contribution >= 0.6 is 0 Å². The van der Waals surface area contributed by atoms with E-state index in [1.807, 2.05) is 4.57 Å². The maximum Gasteiger partial charge on any atom is 0.317 e. The third-order valence-corrected chi connectivity index (χ3v) is 4.13. The lowest BCUT2D eigenvalue weighted by molar-refractivity contribution is 0.181. The summed E-state index contributed by atoms with van der Waals surface area (Å²) in [6.07, 6.45) is 1.71. The van der Waals surface area contributed by atoms with Gasteiger partial charge >= 0.3 is 6.03 Å². The minimum atomic E-state index is -0.0341. The summed E-state index contributed by atoms with van der Waals surface area (Å²) in [7, 11) is 0. The lowest BCUT2D eigenvalue weighted by atomic mass is 10.0. The van der Waals surface area contributed by atoms with Gasteiger partial charge in [0.05, 0.1) is 6.54 Å². The molecule has 116 valence electrons. The Morgan fingerprint density at radius 3 is 2.86 bits per heavy atom. The number of carbonyl (C=O) groups excluding carboxylic acids is 1. The highest BCUT2D eigenvalue weighted by atomic mass is 16.2. The van der Waals surface area contributed by atoms with Crippen LogP contribution in [0.3, 0.4) is 0 Å². The van der Waals surface area contributed by atoms with Crippen molar-refractivity contribution in [2.24, 2.45) is 0 Å². The highest BCUT2D eigenvalue weighted by molar-refractivity contribution is 5.74. The van der Waals surface area contributed by atoms with Crippen molar-refractivity contribution in [3.63, 3.8) is 0 Å². The van der Waals surface area contributed by atoms with Crippen molar-refractivity contribution in [3.8, 4) is 0 Å². The molecule has 0 radical (unpaired) electrons. The van der Waals surface area contributed by atoms with Gasteiger partial charge in [-0.1, -0.05) is 36.8 Å². The van der Waals surface area contributed by atoms with E-state index in [1.54, 1.807) is 11.2 Å². The Morgan fingerprint density at radius 1 is 1.32 bits per heavy atom. The zero-order chi connectivity index (χ0) is 15.5. The van der Waals surface area contributed by atoms with E-state index in [0.29, 0.717) is 19.6 Å². The fourth-order valence-corrected chi connectivity index (χ4v) is 2.60. The number of fused-ring (bicyclic) bond motifs is 1. The molecule has 1 aromatic heterocycles. The van der Waals surface area contributed by atoms with Crippen molar-refractivity contribution in [3.05, 3.63) is 47.5 Å². The summed E-state index contributed by atoms with van der Waals surface area (Å²) in [5.74, 6) is 1.13. The second-order valence-corrected chi connectivity index (χ2v) is 5.86. The molecular formula is C16H21N5O. The first-order valence-electron chi connectivity index (χ1n) is 7.59. The van der Waals surface area contributed by atoms with Crippen molar-refractivity contribution in [1.29, 1.82) is 0 Å². The second-order valence-electron chi connectivity index (χ2n) is 5.86. The third-order valence-electron chi connectivity index (χ3n) is 4.13. The molecule has 1 aliphatic heterocycles. The lowest BCUT2D eigenvalue weighted by Crippen LogP contribution is -2.45. The number of nitrogens with zero attached hydrogens (tertiary/aromatic N) is 4. The predicted molar refractivity (Wildman–Crippen MR) is 83.4 cm³/mol. The summed E-state index contributed by atoms with van der Waals surface area (Å²) in [6.45, 7) is 6.79. The first kappa shape index (κ1) is 14.6. The summed E-state index contributed by atoms with van der Waals surface area (Å²) >= 11 is 0. The molecule has 0 spiro atoms. The topological polar surface area (TPSA) is 63.1 Å². The van der Waals surface area contributed by atoms with Crippen LogP contribution in [0.1, 0.15) is 29.8 Å². The van der Waals surface area contributed by atoms with Crippen molar-refractivity contribution in [1.82, 2.24) is 25.0 Å². The van der Waals surface area contributed by atoms with Crippen LogP contribution in [0.15, 0.2) is 30.6 Å². The molecule has 1 atom stereocenters. The Kier molecular flexibility index (Phi) is 4.09. The van der Waals surface area contributed by atoms with Crippen molar-refractivity contribution in [2.45, 2.75) is 32.9 Å². The highest BCUT2D eigenvalue weighted by Gasteiger charge is 2.21. The minimum Gasteiger partial charge on any atom is -0.337 e. The fraction of sp³-hybridized carbons (Fsp3) is 0.438. The van der Waals surface area contributed by atoms with Gasteiger partial charge in [0, 0.05) is 19.6 Å². The van der Waals surface area contributed by atoms with E-state index >= 15 is 0 Å². The normalized spacial score (nSPS) is 15.3. The summed E-state index contributed by atoms with van der Waals surface area (Å²) in [5, 5.41) is 10.9. The van der Waals surface area contributed by atoms with Crippen LogP contribution in [0.25, 0.3) is 0 Å². The van der Waals surface area contributed by atoms with E-state index in [0.717, 1.165) is 12.4 Å². The molecule has 1 N–H and O–H groups in total. The Balaban J connectivity index is 1.53. The second kappa shape index (κ2) is 6.17. The molecule has 1 aromatic carbocycles. The molecule has 22 heavy (non-hydrogen) atoms. The molecule has 2 aromatic rings. The number of hydrogen-bond acceptors (Lipinski definition) is 3. The number of urea groups is 1. The summed E-state index contributed by atoms with van der Waals surface area (Å²) < 4.78 is 1.98. The van der Waals surface area contributed by atoms with Gasteiger partial charge < -0.3 is 14.8 Å². The van der Waals surface area contributed by atoms with E-state index in [4.69, 9.17) is 0 Å². The lowest BCUT2D eigenvalue weighted by Gasteiger charge is -2.27.